The van der Waals surface area contributed by atoms with Gasteiger partial charge in [-0.3, -0.25) is 4.79 Å². The smallest absolute Gasteiger partial charge is 0.329 e. The second kappa shape index (κ2) is 8.05. The first-order valence-electron chi connectivity index (χ1n) is 6.29. The van der Waals surface area contributed by atoms with E-state index in [1.807, 2.05) is 6.92 Å². The number of rotatable bonds is 8. The number of carbonyl (C=O) groups is 2. The molecule has 18 heavy (non-hydrogen) atoms. The number of carbonyl (C=O) groups excluding carboxylic acids is 1. The summed E-state index contributed by atoms with van der Waals surface area (Å²) in [6.45, 7) is 2.27. The standard InChI is InChI=1S/C12H21NO5/c1-9-2-3-10(18-9)4-5-11(14)13-6-7-17-8-12(15)16/h9-10H,2-8H2,1H3,(H,13,14)(H,15,16). The lowest BCUT2D eigenvalue weighted by molar-refractivity contribution is -0.142. The normalized spacial score (nSPS) is 22.9. The van der Waals surface area contributed by atoms with Crippen LogP contribution in [0.5, 0.6) is 0 Å². The van der Waals surface area contributed by atoms with Gasteiger partial charge in [0, 0.05) is 13.0 Å². The quantitative estimate of drug-likeness (QED) is 0.622. The molecule has 2 unspecified atom stereocenters. The van der Waals surface area contributed by atoms with Crippen LogP contribution < -0.4 is 5.32 Å². The minimum Gasteiger partial charge on any atom is -0.480 e. The van der Waals surface area contributed by atoms with Crippen LogP contribution in [0, 0.1) is 0 Å². The van der Waals surface area contributed by atoms with Crippen LogP contribution >= 0.6 is 0 Å². The van der Waals surface area contributed by atoms with Gasteiger partial charge in [-0.15, -0.1) is 0 Å². The maximum Gasteiger partial charge on any atom is 0.329 e. The first kappa shape index (κ1) is 14.9. The summed E-state index contributed by atoms with van der Waals surface area (Å²) in [6, 6.07) is 0. The molecule has 0 aromatic rings. The highest BCUT2D eigenvalue weighted by Crippen LogP contribution is 2.22. The van der Waals surface area contributed by atoms with Crippen LogP contribution in [-0.2, 0) is 19.1 Å². The van der Waals surface area contributed by atoms with Crippen molar-refractivity contribution in [3.63, 3.8) is 0 Å². The van der Waals surface area contributed by atoms with Crippen LogP contribution in [0.3, 0.4) is 0 Å². The van der Waals surface area contributed by atoms with Gasteiger partial charge in [-0.25, -0.2) is 4.79 Å². The van der Waals surface area contributed by atoms with Crippen LogP contribution in [0.4, 0.5) is 0 Å². The van der Waals surface area contributed by atoms with E-state index in [1.54, 1.807) is 0 Å². The van der Waals surface area contributed by atoms with Crippen molar-refractivity contribution in [2.24, 2.45) is 0 Å². The molecule has 0 aliphatic carbocycles. The second-order valence-electron chi connectivity index (χ2n) is 4.48. The number of carboxylic acid groups (broad SMARTS) is 1. The highest BCUT2D eigenvalue weighted by Gasteiger charge is 2.21. The number of aliphatic carboxylic acids is 1. The van der Waals surface area contributed by atoms with Gasteiger partial charge in [0.2, 0.25) is 5.91 Å². The predicted octanol–water partition coefficient (Wildman–Crippen LogP) is 0.551. The molecule has 1 aliphatic heterocycles. The van der Waals surface area contributed by atoms with Crippen LogP contribution in [0.25, 0.3) is 0 Å². The maximum absolute atomic E-state index is 11.4. The largest absolute Gasteiger partial charge is 0.480 e. The van der Waals surface area contributed by atoms with Crippen LogP contribution in [0.15, 0.2) is 0 Å². The molecular formula is C12H21NO5. The zero-order chi connectivity index (χ0) is 13.4. The first-order valence-corrected chi connectivity index (χ1v) is 6.29. The number of hydrogen-bond donors (Lipinski definition) is 2. The maximum atomic E-state index is 11.4. The summed E-state index contributed by atoms with van der Waals surface area (Å²) in [5, 5.41) is 11.0. The fraction of sp³-hybridized carbons (Fsp3) is 0.833. The van der Waals surface area contributed by atoms with Crippen molar-refractivity contribution in [3.05, 3.63) is 0 Å². The molecule has 1 fully saturated rings. The zero-order valence-electron chi connectivity index (χ0n) is 10.7. The van der Waals surface area contributed by atoms with Gasteiger partial charge in [-0.05, 0) is 26.2 Å². The summed E-state index contributed by atoms with van der Waals surface area (Å²) < 4.78 is 10.4. The van der Waals surface area contributed by atoms with Crippen molar-refractivity contribution in [2.75, 3.05) is 19.8 Å². The number of amides is 1. The number of carboxylic acids is 1. The Hall–Kier alpha value is -1.14. The molecule has 104 valence electrons. The third-order valence-electron chi connectivity index (χ3n) is 2.81. The average Bonchev–Trinajstić information content (AvgIpc) is 2.71. The molecule has 0 bridgehead atoms. The molecular weight excluding hydrogens is 238 g/mol. The molecule has 0 saturated carbocycles. The van der Waals surface area contributed by atoms with Crippen molar-refractivity contribution in [1.82, 2.24) is 5.32 Å². The van der Waals surface area contributed by atoms with E-state index >= 15 is 0 Å². The van der Waals surface area contributed by atoms with E-state index in [4.69, 9.17) is 14.6 Å². The molecule has 1 saturated heterocycles. The van der Waals surface area contributed by atoms with E-state index < -0.39 is 5.97 Å². The minimum atomic E-state index is -1.01. The van der Waals surface area contributed by atoms with Crippen molar-refractivity contribution in [3.8, 4) is 0 Å². The molecule has 2 N–H and O–H groups in total. The Morgan fingerprint density at radius 2 is 2.22 bits per heavy atom. The van der Waals surface area contributed by atoms with Gasteiger partial charge < -0.3 is 19.9 Å². The highest BCUT2D eigenvalue weighted by atomic mass is 16.5. The summed E-state index contributed by atoms with van der Waals surface area (Å²) in [6.07, 6.45) is 3.78. The van der Waals surface area contributed by atoms with E-state index in [1.165, 1.54) is 0 Å². The molecule has 0 aromatic heterocycles. The third-order valence-corrected chi connectivity index (χ3v) is 2.81. The Balaban J connectivity index is 1.95. The van der Waals surface area contributed by atoms with Gasteiger partial charge in [0.25, 0.3) is 0 Å². The summed E-state index contributed by atoms with van der Waals surface area (Å²) >= 11 is 0. The SMILES string of the molecule is CC1CCC(CCC(=O)NCCOCC(=O)O)O1. The second-order valence-corrected chi connectivity index (χ2v) is 4.48. The summed E-state index contributed by atoms with van der Waals surface area (Å²) in [7, 11) is 0. The van der Waals surface area contributed by atoms with E-state index in [0.29, 0.717) is 19.1 Å². The fourth-order valence-corrected chi connectivity index (χ4v) is 1.90. The lowest BCUT2D eigenvalue weighted by Gasteiger charge is -2.10. The zero-order valence-corrected chi connectivity index (χ0v) is 10.7. The van der Waals surface area contributed by atoms with E-state index in [2.05, 4.69) is 5.32 Å². The van der Waals surface area contributed by atoms with Gasteiger partial charge in [0.1, 0.15) is 6.61 Å². The lowest BCUT2D eigenvalue weighted by atomic mass is 10.1. The molecule has 6 heteroatoms. The van der Waals surface area contributed by atoms with E-state index in [-0.39, 0.29) is 25.2 Å². The van der Waals surface area contributed by atoms with Gasteiger partial charge >= 0.3 is 5.97 Å². The molecule has 1 heterocycles. The number of nitrogens with one attached hydrogen (secondary N) is 1. The van der Waals surface area contributed by atoms with Gasteiger partial charge in [-0.1, -0.05) is 0 Å². The van der Waals surface area contributed by atoms with Crippen molar-refractivity contribution in [2.45, 2.75) is 44.8 Å². The Labute approximate surface area is 107 Å². The van der Waals surface area contributed by atoms with Gasteiger partial charge in [0.05, 0.1) is 18.8 Å². The Bertz CT molecular complexity index is 282. The summed E-state index contributed by atoms with van der Waals surface area (Å²) in [4.78, 5) is 21.6. The van der Waals surface area contributed by atoms with Gasteiger partial charge in [-0.2, -0.15) is 0 Å². The number of hydrogen-bond acceptors (Lipinski definition) is 4. The molecule has 0 spiro atoms. The van der Waals surface area contributed by atoms with Crippen molar-refractivity contribution in [1.29, 1.82) is 0 Å². The van der Waals surface area contributed by atoms with Crippen LogP contribution in [-0.4, -0.2) is 48.9 Å². The Morgan fingerprint density at radius 1 is 1.44 bits per heavy atom. The molecule has 1 amide bonds. The minimum absolute atomic E-state index is 0.0444. The molecule has 2 atom stereocenters. The average molecular weight is 259 g/mol. The summed E-state index contributed by atoms with van der Waals surface area (Å²) in [5.74, 6) is -1.05. The Morgan fingerprint density at radius 3 is 2.83 bits per heavy atom. The van der Waals surface area contributed by atoms with Crippen LogP contribution in [0.1, 0.15) is 32.6 Å². The number of ether oxygens (including phenoxy) is 2. The van der Waals surface area contributed by atoms with Crippen molar-refractivity contribution < 1.29 is 24.2 Å². The topological polar surface area (TPSA) is 84.9 Å². The fourth-order valence-electron chi connectivity index (χ4n) is 1.90. The van der Waals surface area contributed by atoms with Crippen molar-refractivity contribution >= 4 is 11.9 Å². The van der Waals surface area contributed by atoms with E-state index in [0.717, 1.165) is 19.3 Å². The Kier molecular flexibility index (Phi) is 6.67. The predicted molar refractivity (Wildman–Crippen MR) is 64.3 cm³/mol. The summed E-state index contributed by atoms with van der Waals surface area (Å²) in [5.41, 5.74) is 0. The first-order chi connectivity index (χ1) is 8.58. The monoisotopic (exact) mass is 259 g/mol. The van der Waals surface area contributed by atoms with E-state index in [9.17, 15) is 9.59 Å². The highest BCUT2D eigenvalue weighted by molar-refractivity contribution is 5.75. The molecule has 0 radical (unpaired) electrons. The third kappa shape index (κ3) is 6.56. The van der Waals surface area contributed by atoms with Gasteiger partial charge in [0.15, 0.2) is 0 Å². The molecule has 0 aromatic carbocycles. The molecule has 1 aliphatic rings. The lowest BCUT2D eigenvalue weighted by Crippen LogP contribution is -2.28. The molecule has 6 nitrogen and oxygen atoms in total. The molecule has 1 rings (SSSR count). The van der Waals surface area contributed by atoms with Crippen LogP contribution in [0.2, 0.25) is 0 Å².